The van der Waals surface area contributed by atoms with E-state index in [0.717, 1.165) is 16.7 Å². The molecule has 1 amide bonds. The van der Waals surface area contributed by atoms with Crippen LogP contribution in [0.2, 0.25) is 0 Å². The van der Waals surface area contributed by atoms with Gasteiger partial charge in [0, 0.05) is 11.1 Å². The van der Waals surface area contributed by atoms with Crippen LogP contribution in [0, 0.1) is 11.8 Å². The summed E-state index contributed by atoms with van der Waals surface area (Å²) in [4.78, 5) is 11.1. The number of hydrogen-bond acceptors (Lipinski definition) is 2. The van der Waals surface area contributed by atoms with Gasteiger partial charge in [0.15, 0.2) is 0 Å². The standard InChI is InChI=1S/C17H13NO2/c19-17-18-16(12-20-17)15-8-4-7-14(11-15)10-9-13-5-2-1-3-6-13/h1-8,11,16H,12H2,(H,18,19)/t16-/m0/s1. The molecule has 0 bridgehead atoms. The van der Waals surface area contributed by atoms with Gasteiger partial charge in [-0.25, -0.2) is 4.79 Å². The minimum absolute atomic E-state index is 0.0824. The zero-order chi connectivity index (χ0) is 13.8. The minimum Gasteiger partial charge on any atom is -0.447 e. The second-order valence-corrected chi connectivity index (χ2v) is 4.54. The fraction of sp³-hybridized carbons (Fsp3) is 0.118. The molecule has 0 radical (unpaired) electrons. The molecular weight excluding hydrogens is 250 g/mol. The van der Waals surface area contributed by atoms with Gasteiger partial charge in [-0.3, -0.25) is 0 Å². The molecule has 3 heteroatoms. The molecule has 0 spiro atoms. The Kier molecular flexibility index (Phi) is 3.38. The van der Waals surface area contributed by atoms with Gasteiger partial charge in [0.1, 0.15) is 6.61 Å². The molecule has 1 aliphatic rings. The lowest BCUT2D eigenvalue weighted by Gasteiger charge is -2.07. The molecule has 3 rings (SSSR count). The van der Waals surface area contributed by atoms with E-state index in [1.807, 2.05) is 54.6 Å². The number of nitrogens with one attached hydrogen (secondary N) is 1. The summed E-state index contributed by atoms with van der Waals surface area (Å²) in [7, 11) is 0. The van der Waals surface area contributed by atoms with Gasteiger partial charge in [-0.05, 0) is 29.8 Å². The fourth-order valence-corrected chi connectivity index (χ4v) is 2.06. The summed E-state index contributed by atoms with van der Waals surface area (Å²) in [5.41, 5.74) is 2.92. The van der Waals surface area contributed by atoms with Crippen molar-refractivity contribution in [2.45, 2.75) is 6.04 Å². The number of carbonyl (C=O) groups excluding carboxylic acids is 1. The Morgan fingerprint density at radius 1 is 1.00 bits per heavy atom. The van der Waals surface area contributed by atoms with E-state index in [1.165, 1.54) is 0 Å². The quantitative estimate of drug-likeness (QED) is 0.803. The number of hydrogen-bond donors (Lipinski definition) is 1. The van der Waals surface area contributed by atoms with Gasteiger partial charge < -0.3 is 10.1 Å². The zero-order valence-corrected chi connectivity index (χ0v) is 10.8. The lowest BCUT2D eigenvalue weighted by atomic mass is 10.0. The number of ether oxygens (including phenoxy) is 1. The summed E-state index contributed by atoms with van der Waals surface area (Å²) >= 11 is 0. The smallest absolute Gasteiger partial charge is 0.407 e. The Morgan fingerprint density at radius 2 is 1.75 bits per heavy atom. The lowest BCUT2D eigenvalue weighted by molar-refractivity contribution is 0.177. The zero-order valence-electron chi connectivity index (χ0n) is 10.8. The van der Waals surface area contributed by atoms with E-state index < -0.39 is 0 Å². The van der Waals surface area contributed by atoms with Crippen molar-refractivity contribution in [2.24, 2.45) is 0 Å². The molecule has 20 heavy (non-hydrogen) atoms. The van der Waals surface area contributed by atoms with Crippen molar-refractivity contribution < 1.29 is 9.53 Å². The van der Waals surface area contributed by atoms with E-state index in [4.69, 9.17) is 4.74 Å². The molecule has 1 N–H and O–H groups in total. The van der Waals surface area contributed by atoms with E-state index in [9.17, 15) is 4.79 Å². The van der Waals surface area contributed by atoms with Crippen molar-refractivity contribution >= 4 is 6.09 Å². The monoisotopic (exact) mass is 263 g/mol. The maximum absolute atomic E-state index is 11.1. The van der Waals surface area contributed by atoms with Gasteiger partial charge in [0.2, 0.25) is 0 Å². The third kappa shape index (κ3) is 2.81. The highest BCUT2D eigenvalue weighted by molar-refractivity contribution is 5.70. The Morgan fingerprint density at radius 3 is 2.50 bits per heavy atom. The molecule has 2 aromatic carbocycles. The summed E-state index contributed by atoms with van der Waals surface area (Å²) < 4.78 is 4.90. The molecule has 98 valence electrons. The summed E-state index contributed by atoms with van der Waals surface area (Å²) in [5, 5.41) is 2.76. The van der Waals surface area contributed by atoms with Crippen molar-refractivity contribution in [3.05, 3.63) is 71.3 Å². The first kappa shape index (κ1) is 12.3. The van der Waals surface area contributed by atoms with Crippen molar-refractivity contribution in [3.63, 3.8) is 0 Å². The predicted molar refractivity (Wildman–Crippen MR) is 76.1 cm³/mol. The van der Waals surface area contributed by atoms with Crippen LogP contribution in [0.25, 0.3) is 0 Å². The van der Waals surface area contributed by atoms with Crippen LogP contribution in [-0.4, -0.2) is 12.7 Å². The molecule has 1 heterocycles. The number of amides is 1. The van der Waals surface area contributed by atoms with E-state index >= 15 is 0 Å². The summed E-state index contributed by atoms with van der Waals surface area (Å²) in [6.07, 6.45) is -0.365. The second kappa shape index (κ2) is 5.50. The maximum Gasteiger partial charge on any atom is 0.407 e. The lowest BCUT2D eigenvalue weighted by Crippen LogP contribution is -2.18. The molecule has 0 saturated carbocycles. The number of rotatable bonds is 1. The van der Waals surface area contributed by atoms with Gasteiger partial charge in [-0.1, -0.05) is 42.2 Å². The third-order valence-corrected chi connectivity index (χ3v) is 3.09. The number of carbonyl (C=O) groups is 1. The number of alkyl carbamates (subject to hydrolysis) is 1. The summed E-state index contributed by atoms with van der Waals surface area (Å²) in [6, 6.07) is 17.6. The molecule has 1 atom stereocenters. The minimum atomic E-state index is -0.365. The molecule has 0 unspecified atom stereocenters. The van der Waals surface area contributed by atoms with E-state index in [-0.39, 0.29) is 12.1 Å². The Hall–Kier alpha value is -2.73. The van der Waals surface area contributed by atoms with E-state index in [2.05, 4.69) is 17.2 Å². The predicted octanol–water partition coefficient (Wildman–Crippen LogP) is 2.87. The van der Waals surface area contributed by atoms with Crippen LogP contribution in [0.5, 0.6) is 0 Å². The van der Waals surface area contributed by atoms with E-state index in [1.54, 1.807) is 0 Å². The summed E-state index contributed by atoms with van der Waals surface area (Å²) in [5.74, 6) is 6.25. The SMILES string of the molecule is O=C1N[C@H](c2cccc(C#Cc3ccccc3)c2)CO1. The number of cyclic esters (lactones) is 1. The van der Waals surface area contributed by atoms with Gasteiger partial charge in [0.25, 0.3) is 0 Å². The van der Waals surface area contributed by atoms with Gasteiger partial charge in [-0.2, -0.15) is 0 Å². The Bertz CT molecular complexity index is 683. The number of benzene rings is 2. The third-order valence-electron chi connectivity index (χ3n) is 3.09. The van der Waals surface area contributed by atoms with Crippen LogP contribution < -0.4 is 5.32 Å². The van der Waals surface area contributed by atoms with Crippen LogP contribution in [0.3, 0.4) is 0 Å². The second-order valence-electron chi connectivity index (χ2n) is 4.54. The molecule has 3 nitrogen and oxygen atoms in total. The molecule has 0 aliphatic carbocycles. The van der Waals surface area contributed by atoms with Crippen molar-refractivity contribution in [3.8, 4) is 11.8 Å². The van der Waals surface area contributed by atoms with Gasteiger partial charge >= 0.3 is 6.09 Å². The first-order valence-electron chi connectivity index (χ1n) is 6.41. The normalized spacial score (nSPS) is 16.8. The largest absolute Gasteiger partial charge is 0.447 e. The van der Waals surface area contributed by atoms with Crippen LogP contribution in [0.4, 0.5) is 4.79 Å². The molecule has 0 aromatic heterocycles. The van der Waals surface area contributed by atoms with Crippen molar-refractivity contribution in [2.75, 3.05) is 6.61 Å². The van der Waals surface area contributed by atoms with Gasteiger partial charge in [0.05, 0.1) is 6.04 Å². The fourth-order valence-electron chi connectivity index (χ4n) is 2.06. The maximum atomic E-state index is 11.1. The molecule has 2 aromatic rings. The Labute approximate surface area is 117 Å². The molecule has 1 aliphatic heterocycles. The van der Waals surface area contributed by atoms with Crippen molar-refractivity contribution in [1.82, 2.24) is 5.32 Å². The first-order valence-corrected chi connectivity index (χ1v) is 6.41. The van der Waals surface area contributed by atoms with Crippen LogP contribution in [-0.2, 0) is 4.74 Å². The highest BCUT2D eigenvalue weighted by Crippen LogP contribution is 2.18. The van der Waals surface area contributed by atoms with Crippen molar-refractivity contribution in [1.29, 1.82) is 0 Å². The van der Waals surface area contributed by atoms with Gasteiger partial charge in [-0.15, -0.1) is 0 Å². The Balaban J connectivity index is 1.82. The highest BCUT2D eigenvalue weighted by Gasteiger charge is 2.23. The van der Waals surface area contributed by atoms with Crippen LogP contribution in [0.15, 0.2) is 54.6 Å². The van der Waals surface area contributed by atoms with Crippen LogP contribution in [0.1, 0.15) is 22.7 Å². The average Bonchev–Trinajstić information content (AvgIpc) is 2.93. The molecular formula is C17H13NO2. The van der Waals surface area contributed by atoms with E-state index in [0.29, 0.717) is 6.61 Å². The molecule has 1 saturated heterocycles. The highest BCUT2D eigenvalue weighted by atomic mass is 16.6. The van der Waals surface area contributed by atoms with Crippen LogP contribution >= 0.6 is 0 Å². The summed E-state index contributed by atoms with van der Waals surface area (Å²) in [6.45, 7) is 0.369. The first-order chi connectivity index (χ1) is 9.81. The molecule has 1 fully saturated rings. The average molecular weight is 263 g/mol. The topological polar surface area (TPSA) is 38.3 Å².